The van der Waals surface area contributed by atoms with Crippen molar-refractivity contribution in [3.63, 3.8) is 0 Å². The van der Waals surface area contributed by atoms with Gasteiger partial charge in [-0.2, -0.15) is 0 Å². The molecule has 304 valence electrons. The van der Waals surface area contributed by atoms with Crippen LogP contribution in [0.5, 0.6) is 0 Å². The molecule has 0 saturated heterocycles. The van der Waals surface area contributed by atoms with E-state index in [1.165, 1.54) is 21.3 Å². The van der Waals surface area contributed by atoms with Crippen LogP contribution in [0.4, 0.5) is 15.3 Å². The van der Waals surface area contributed by atoms with Gasteiger partial charge in [0.25, 0.3) is 13.9 Å². The number of imidazole rings is 1. The van der Waals surface area contributed by atoms with E-state index in [0.717, 1.165) is 10.4 Å². The Kier molecular flexibility index (Phi) is 14.5. The van der Waals surface area contributed by atoms with Gasteiger partial charge in [0.1, 0.15) is 23.7 Å². The number of carbonyl (C=O) groups is 4. The van der Waals surface area contributed by atoms with Crippen molar-refractivity contribution in [2.45, 2.75) is 71.2 Å². The molecule has 0 unspecified atom stereocenters. The number of ether oxygens (including phenoxy) is 2. The van der Waals surface area contributed by atoms with Crippen molar-refractivity contribution in [2.75, 3.05) is 18.5 Å². The summed E-state index contributed by atoms with van der Waals surface area (Å²) in [5.74, 6) is -0.698. The average molecular weight is 807 g/mol. The first-order valence-electron chi connectivity index (χ1n) is 19.1. The van der Waals surface area contributed by atoms with E-state index in [0.29, 0.717) is 30.3 Å². The molecule has 0 aliphatic rings. The molecule has 5 aromatic rings. The lowest BCUT2D eigenvalue weighted by atomic mass is 10.1. The first-order valence-corrected chi connectivity index (χ1v) is 21.2. The van der Waals surface area contributed by atoms with Crippen LogP contribution in [0.3, 0.4) is 0 Å². The number of primary amides is 1. The molecule has 4 N–H and O–H groups in total. The van der Waals surface area contributed by atoms with Gasteiger partial charge in [0, 0.05) is 12.2 Å². The molecule has 0 spiro atoms. The van der Waals surface area contributed by atoms with Crippen LogP contribution >= 0.6 is 0 Å². The van der Waals surface area contributed by atoms with Crippen LogP contribution in [0.2, 0.25) is 6.04 Å². The molecule has 0 fully saturated rings. The second kappa shape index (κ2) is 19.7. The molecule has 2 aromatic heterocycles. The number of nitrogens with two attached hydrogens (primary N) is 1. The molecule has 0 radical (unpaired) electrons. The molecule has 15 heteroatoms. The zero-order valence-electron chi connectivity index (χ0n) is 33.2. The van der Waals surface area contributed by atoms with Crippen LogP contribution in [0.15, 0.2) is 120 Å². The number of pyridine rings is 1. The molecule has 3 aromatic carbocycles. The third kappa shape index (κ3) is 11.4. The number of anilines is 1. The zero-order chi connectivity index (χ0) is 41.7. The summed E-state index contributed by atoms with van der Waals surface area (Å²) >= 11 is 0. The molecule has 0 saturated carbocycles. The fraction of sp³-hybridized carbons (Fsp3) is 0.302. The first kappa shape index (κ1) is 42.8. The molecule has 0 aliphatic carbocycles. The third-order valence-corrected chi connectivity index (χ3v) is 13.2. The number of aromatic nitrogens is 3. The summed E-state index contributed by atoms with van der Waals surface area (Å²) in [5.41, 5.74) is 5.02. The number of hydrogen-bond donors (Lipinski definition) is 3. The summed E-state index contributed by atoms with van der Waals surface area (Å²) < 4.78 is 20.6. The van der Waals surface area contributed by atoms with Crippen molar-refractivity contribution < 1.29 is 33.1 Å². The number of benzene rings is 3. The Morgan fingerprint density at radius 1 is 0.897 bits per heavy atom. The highest BCUT2D eigenvalue weighted by molar-refractivity contribution is 6.99. The van der Waals surface area contributed by atoms with Gasteiger partial charge in [0.2, 0.25) is 11.8 Å². The van der Waals surface area contributed by atoms with E-state index in [-0.39, 0.29) is 43.4 Å². The molecule has 3 amide bonds. The van der Waals surface area contributed by atoms with Gasteiger partial charge in [-0.25, -0.2) is 19.1 Å². The largest absolute Gasteiger partial charge is 0.447 e. The maximum absolute atomic E-state index is 14.1. The molecule has 0 aliphatic heterocycles. The number of nitrogens with zero attached hydrogens (tertiary/aromatic N) is 3. The maximum atomic E-state index is 14.1. The van der Waals surface area contributed by atoms with E-state index in [9.17, 15) is 24.0 Å². The fourth-order valence-electron chi connectivity index (χ4n) is 6.46. The number of alkyl carbamates (subject to hydrolysis) is 1. The van der Waals surface area contributed by atoms with Gasteiger partial charge in [-0.3, -0.25) is 14.4 Å². The summed E-state index contributed by atoms with van der Waals surface area (Å²) in [7, 11) is -3.40. The molecule has 1 atom stereocenters. The van der Waals surface area contributed by atoms with Crippen LogP contribution in [-0.4, -0.2) is 71.3 Å². The molecule has 58 heavy (non-hydrogen) atoms. The van der Waals surface area contributed by atoms with E-state index in [2.05, 4.69) is 15.6 Å². The minimum atomic E-state index is -3.40. The molecular weight excluding hydrogens is 757 g/mol. The first-order chi connectivity index (χ1) is 27.8. The fourth-order valence-corrected chi connectivity index (χ4v) is 10.1. The van der Waals surface area contributed by atoms with Crippen molar-refractivity contribution in [3.8, 4) is 0 Å². The Hall–Kier alpha value is -6.32. The van der Waals surface area contributed by atoms with E-state index < -0.39 is 43.5 Å². The lowest BCUT2D eigenvalue weighted by Crippen LogP contribution is -2.62. The number of nitrogens with one attached hydrogen (secondary N) is 2. The monoisotopic (exact) mass is 806 g/mol. The summed E-state index contributed by atoms with van der Waals surface area (Å²) in [6, 6.07) is 28.9. The van der Waals surface area contributed by atoms with Gasteiger partial charge in [-0.15, -0.1) is 0 Å². The van der Waals surface area contributed by atoms with Crippen molar-refractivity contribution in [3.05, 3.63) is 132 Å². The Morgan fingerprint density at radius 2 is 1.55 bits per heavy atom. The number of allylic oxidation sites excluding steroid dienone is 1. The standard InChI is InChI=1S/C43H50N6O8Si/c1-5-31(17-12-15-25-37(44)50)45-41(53)55-27-28-56-58(32-18-8-6-9-19-32,33-20-10-7-11-21-33)30-39(51)47-35-23-16-26-48(40(35)52)29-38-46-34-22-13-14-24-36(34)49(38)42(54)57-43(2,3)4/h6-11,13-16,18-26,31H,5,12,17,27-30H2,1-4H3,(H2,44,50)(H,45,53)(H,47,51)/b25-15+/t31-/m0/s1. The quantitative estimate of drug-likeness (QED) is 0.0656. The van der Waals surface area contributed by atoms with Crippen molar-refractivity contribution in [2.24, 2.45) is 5.73 Å². The maximum Gasteiger partial charge on any atom is 0.420 e. The van der Waals surface area contributed by atoms with Crippen LogP contribution < -0.4 is 32.3 Å². The van der Waals surface area contributed by atoms with Gasteiger partial charge in [0.05, 0.1) is 30.2 Å². The minimum Gasteiger partial charge on any atom is -0.447 e. The van der Waals surface area contributed by atoms with Gasteiger partial charge >= 0.3 is 12.2 Å². The van der Waals surface area contributed by atoms with Crippen molar-refractivity contribution in [1.29, 1.82) is 0 Å². The number of hydrogen-bond acceptors (Lipinski definition) is 9. The van der Waals surface area contributed by atoms with Crippen LogP contribution in [0, 0.1) is 0 Å². The van der Waals surface area contributed by atoms with Gasteiger partial charge < -0.3 is 34.8 Å². The van der Waals surface area contributed by atoms with E-state index in [1.807, 2.05) is 73.7 Å². The van der Waals surface area contributed by atoms with Crippen molar-refractivity contribution >= 4 is 59.4 Å². The molecule has 0 bridgehead atoms. The Morgan fingerprint density at radius 3 is 2.19 bits per heavy atom. The molecule has 5 rings (SSSR count). The number of fused-ring (bicyclic) bond motifs is 1. The van der Waals surface area contributed by atoms with E-state index in [4.69, 9.17) is 19.6 Å². The number of para-hydroxylation sites is 2. The van der Waals surface area contributed by atoms with Crippen LogP contribution in [0.1, 0.15) is 52.8 Å². The average Bonchev–Trinajstić information content (AvgIpc) is 3.56. The number of carbonyl (C=O) groups excluding carboxylic acids is 4. The summed E-state index contributed by atoms with van der Waals surface area (Å²) in [6.45, 7) is 7.07. The zero-order valence-corrected chi connectivity index (χ0v) is 34.2. The summed E-state index contributed by atoms with van der Waals surface area (Å²) in [4.78, 5) is 69.8. The van der Waals surface area contributed by atoms with E-state index in [1.54, 1.807) is 57.3 Å². The Labute approximate surface area is 338 Å². The number of rotatable bonds is 17. The lowest BCUT2D eigenvalue weighted by molar-refractivity contribution is -0.115. The summed E-state index contributed by atoms with van der Waals surface area (Å²) in [6.07, 6.45) is 5.10. The molecular formula is C43H50N6O8Si. The smallest absolute Gasteiger partial charge is 0.420 e. The highest BCUT2D eigenvalue weighted by Crippen LogP contribution is 2.20. The number of amides is 3. The van der Waals surface area contributed by atoms with Crippen LogP contribution in [-0.2, 0) is 30.0 Å². The van der Waals surface area contributed by atoms with Gasteiger partial charge in [-0.05, 0) is 80.7 Å². The Bertz CT molecular complexity index is 2250. The summed E-state index contributed by atoms with van der Waals surface area (Å²) in [5, 5.41) is 7.29. The second-order valence-electron chi connectivity index (χ2n) is 14.6. The van der Waals surface area contributed by atoms with Gasteiger partial charge in [0.15, 0.2) is 0 Å². The molecule has 14 nitrogen and oxygen atoms in total. The van der Waals surface area contributed by atoms with Gasteiger partial charge in [-0.1, -0.05) is 85.8 Å². The highest BCUT2D eigenvalue weighted by Gasteiger charge is 2.42. The SMILES string of the molecule is CC[C@@H](CC/C=C/C(N)=O)NC(=O)OCCO[Si](CC(=O)Nc1cccn(Cc2nc3ccccc3n2C(=O)OC(C)(C)C)c1=O)(c1ccccc1)c1ccccc1. The third-order valence-electron chi connectivity index (χ3n) is 9.15. The highest BCUT2D eigenvalue weighted by atomic mass is 28.4. The lowest BCUT2D eigenvalue weighted by Gasteiger charge is -2.32. The minimum absolute atomic E-state index is 0.00829. The second-order valence-corrected chi connectivity index (χ2v) is 18.0. The van der Waals surface area contributed by atoms with Crippen LogP contribution in [0.25, 0.3) is 11.0 Å². The predicted octanol–water partition coefficient (Wildman–Crippen LogP) is 5.07. The Balaban J connectivity index is 1.35. The predicted molar refractivity (Wildman–Crippen MR) is 225 cm³/mol. The topological polar surface area (TPSA) is 186 Å². The normalized spacial score (nSPS) is 12.3. The molecule has 2 heterocycles. The van der Waals surface area contributed by atoms with Crippen molar-refractivity contribution in [1.82, 2.24) is 19.4 Å². The van der Waals surface area contributed by atoms with E-state index >= 15 is 0 Å².